The third-order valence-corrected chi connectivity index (χ3v) is 4.46. The molecule has 1 aromatic heterocycles. The van der Waals surface area contributed by atoms with Crippen LogP contribution in [0.4, 0.5) is 5.69 Å². The highest BCUT2D eigenvalue weighted by atomic mass is 16.7. The van der Waals surface area contributed by atoms with Crippen LogP contribution in [0, 0.1) is 10.1 Å². The molecule has 3 aromatic rings. The Morgan fingerprint density at radius 1 is 1.21 bits per heavy atom. The van der Waals surface area contributed by atoms with E-state index in [1.165, 1.54) is 12.1 Å². The Morgan fingerprint density at radius 2 is 2.00 bits per heavy atom. The molecule has 0 fully saturated rings. The number of nitro groups is 1. The Hall–Kier alpha value is -3.59. The van der Waals surface area contributed by atoms with Gasteiger partial charge in [-0.15, -0.1) is 0 Å². The summed E-state index contributed by atoms with van der Waals surface area (Å²) in [7, 11) is 1.85. The van der Waals surface area contributed by atoms with E-state index in [1.54, 1.807) is 16.8 Å². The van der Waals surface area contributed by atoms with Gasteiger partial charge in [0.25, 0.3) is 5.69 Å². The van der Waals surface area contributed by atoms with E-state index in [4.69, 9.17) is 14.2 Å². The lowest BCUT2D eigenvalue weighted by Crippen LogP contribution is -2.20. The van der Waals surface area contributed by atoms with Crippen LogP contribution in [0.5, 0.6) is 17.2 Å². The minimum absolute atomic E-state index is 0.0602. The Morgan fingerprint density at radius 3 is 2.79 bits per heavy atom. The Balaban J connectivity index is 1.31. The van der Waals surface area contributed by atoms with Crippen molar-refractivity contribution in [3.63, 3.8) is 0 Å². The number of benzene rings is 2. The molecule has 1 aliphatic rings. The average molecular weight is 396 g/mol. The summed E-state index contributed by atoms with van der Waals surface area (Å²) in [4.78, 5) is 10.4. The van der Waals surface area contributed by atoms with Gasteiger partial charge in [-0.25, -0.2) is 0 Å². The van der Waals surface area contributed by atoms with Crippen molar-refractivity contribution in [3.8, 4) is 28.5 Å². The van der Waals surface area contributed by atoms with Gasteiger partial charge in [0.1, 0.15) is 12.4 Å². The number of ether oxygens (including phenoxy) is 3. The molecule has 9 nitrogen and oxygen atoms in total. The Labute approximate surface area is 167 Å². The van der Waals surface area contributed by atoms with Gasteiger partial charge in [-0.1, -0.05) is 0 Å². The van der Waals surface area contributed by atoms with Crippen molar-refractivity contribution in [2.45, 2.75) is 6.54 Å². The summed E-state index contributed by atoms with van der Waals surface area (Å²) in [5, 5.41) is 18.7. The quantitative estimate of drug-likeness (QED) is 0.355. The molecule has 0 radical (unpaired) electrons. The van der Waals surface area contributed by atoms with E-state index < -0.39 is 4.92 Å². The number of fused-ring (bicyclic) bond motifs is 1. The fourth-order valence-corrected chi connectivity index (χ4v) is 3.08. The molecule has 1 N–H and O–H groups in total. The largest absolute Gasteiger partial charge is 0.492 e. The maximum absolute atomic E-state index is 10.8. The molecule has 0 aliphatic carbocycles. The van der Waals surface area contributed by atoms with Crippen LogP contribution in [0.1, 0.15) is 5.56 Å². The van der Waals surface area contributed by atoms with E-state index in [1.807, 2.05) is 31.4 Å². The average Bonchev–Trinajstić information content (AvgIpc) is 3.33. The predicted octanol–water partition coefficient (Wildman–Crippen LogP) is 2.89. The monoisotopic (exact) mass is 396 g/mol. The summed E-state index contributed by atoms with van der Waals surface area (Å²) >= 11 is 0. The summed E-state index contributed by atoms with van der Waals surface area (Å²) < 4.78 is 18.1. The van der Waals surface area contributed by atoms with Crippen LogP contribution >= 0.6 is 0 Å². The topological polar surface area (TPSA) is 101 Å². The molecular weight excluding hydrogens is 376 g/mol. The second kappa shape index (κ2) is 8.19. The molecule has 9 heteroatoms. The molecule has 150 valence electrons. The molecule has 29 heavy (non-hydrogen) atoms. The van der Waals surface area contributed by atoms with E-state index in [9.17, 15) is 10.1 Å². The van der Waals surface area contributed by atoms with E-state index in [0.29, 0.717) is 25.4 Å². The molecule has 4 rings (SSSR count). The van der Waals surface area contributed by atoms with Crippen molar-refractivity contribution < 1.29 is 19.1 Å². The fourth-order valence-electron chi connectivity index (χ4n) is 3.08. The van der Waals surface area contributed by atoms with E-state index in [-0.39, 0.29) is 12.5 Å². The van der Waals surface area contributed by atoms with E-state index in [2.05, 4.69) is 10.4 Å². The first-order valence-corrected chi connectivity index (χ1v) is 9.10. The zero-order valence-electron chi connectivity index (χ0n) is 15.8. The molecule has 0 atom stereocenters. The van der Waals surface area contributed by atoms with Gasteiger partial charge in [-0.3, -0.25) is 14.8 Å². The summed E-state index contributed by atoms with van der Waals surface area (Å²) in [5.41, 5.74) is 2.70. The number of rotatable bonds is 8. The zero-order valence-corrected chi connectivity index (χ0v) is 15.8. The van der Waals surface area contributed by atoms with Gasteiger partial charge >= 0.3 is 0 Å². The fraction of sp³-hybridized carbons (Fsp3) is 0.250. The van der Waals surface area contributed by atoms with Gasteiger partial charge < -0.3 is 19.5 Å². The summed E-state index contributed by atoms with van der Waals surface area (Å²) in [6.07, 6.45) is 1.93. The molecule has 0 unspecified atom stereocenters. The number of nitrogens with zero attached hydrogens (tertiary/aromatic N) is 3. The molecule has 0 saturated carbocycles. The van der Waals surface area contributed by atoms with Crippen molar-refractivity contribution in [1.29, 1.82) is 0 Å². The van der Waals surface area contributed by atoms with Gasteiger partial charge in [0, 0.05) is 55.7 Å². The minimum Gasteiger partial charge on any atom is -0.492 e. The molecule has 0 amide bonds. The number of aromatic nitrogens is 2. The third kappa shape index (κ3) is 4.30. The van der Waals surface area contributed by atoms with Crippen molar-refractivity contribution in [2.24, 2.45) is 7.05 Å². The molecule has 0 spiro atoms. The maximum atomic E-state index is 10.8. The second-order valence-electron chi connectivity index (χ2n) is 6.52. The van der Waals surface area contributed by atoms with Gasteiger partial charge in [-0.05, 0) is 24.3 Å². The number of hydrogen-bond donors (Lipinski definition) is 1. The number of nitrogens with one attached hydrogen (secondary N) is 1. The predicted molar refractivity (Wildman–Crippen MR) is 105 cm³/mol. The maximum Gasteiger partial charge on any atom is 0.269 e. The SMILES string of the molecule is Cn1cc(CNCCOc2ccc3c(c2)OCO3)c(-c2ccc([N+](=O)[O-])cc2)n1. The smallest absolute Gasteiger partial charge is 0.269 e. The normalized spacial score (nSPS) is 12.2. The summed E-state index contributed by atoms with van der Waals surface area (Å²) in [6.45, 7) is 1.98. The van der Waals surface area contributed by atoms with Crippen LogP contribution < -0.4 is 19.5 Å². The lowest BCUT2D eigenvalue weighted by molar-refractivity contribution is -0.384. The summed E-state index contributed by atoms with van der Waals surface area (Å²) in [5.74, 6) is 2.15. The van der Waals surface area contributed by atoms with Crippen molar-refractivity contribution in [3.05, 3.63) is 64.3 Å². The standard InChI is InChI=1S/C20H20N4O5/c1-23-12-15(20(22-23)14-2-4-16(5-3-14)24(25)26)11-21-8-9-27-17-6-7-18-19(10-17)29-13-28-18/h2-7,10,12,21H,8-9,11,13H2,1H3. The molecule has 2 aromatic carbocycles. The highest BCUT2D eigenvalue weighted by Crippen LogP contribution is 2.35. The van der Waals surface area contributed by atoms with Crippen molar-refractivity contribution in [1.82, 2.24) is 15.1 Å². The highest BCUT2D eigenvalue weighted by molar-refractivity contribution is 5.64. The van der Waals surface area contributed by atoms with Crippen LogP contribution in [0.3, 0.4) is 0 Å². The third-order valence-electron chi connectivity index (χ3n) is 4.46. The highest BCUT2D eigenvalue weighted by Gasteiger charge is 2.14. The Kier molecular flexibility index (Phi) is 5.30. The number of aryl methyl sites for hydroxylation is 1. The van der Waals surface area contributed by atoms with Gasteiger partial charge in [-0.2, -0.15) is 5.10 Å². The van der Waals surface area contributed by atoms with Gasteiger partial charge in [0.05, 0.1) is 10.6 Å². The summed E-state index contributed by atoms with van der Waals surface area (Å²) in [6, 6.07) is 11.9. The molecule has 2 heterocycles. The van der Waals surface area contributed by atoms with Crippen LogP contribution in [0.2, 0.25) is 0 Å². The first-order valence-electron chi connectivity index (χ1n) is 9.10. The van der Waals surface area contributed by atoms with Crippen molar-refractivity contribution >= 4 is 5.69 Å². The minimum atomic E-state index is -0.412. The first-order chi connectivity index (χ1) is 14.1. The van der Waals surface area contributed by atoms with Crippen molar-refractivity contribution in [2.75, 3.05) is 19.9 Å². The van der Waals surface area contributed by atoms with Crippen LogP contribution in [-0.4, -0.2) is 34.6 Å². The lowest BCUT2D eigenvalue weighted by Gasteiger charge is -2.08. The molecule has 1 aliphatic heterocycles. The molecule has 0 bridgehead atoms. The first kappa shape index (κ1) is 18.8. The second-order valence-corrected chi connectivity index (χ2v) is 6.52. The molecule has 0 saturated heterocycles. The van der Waals surface area contributed by atoms with Crippen LogP contribution in [0.25, 0.3) is 11.3 Å². The van der Waals surface area contributed by atoms with E-state index >= 15 is 0 Å². The molecular formula is C20H20N4O5. The number of hydrogen-bond acceptors (Lipinski definition) is 7. The van der Waals surface area contributed by atoms with Crippen LogP contribution in [-0.2, 0) is 13.6 Å². The lowest BCUT2D eigenvalue weighted by atomic mass is 10.1. The van der Waals surface area contributed by atoms with Gasteiger partial charge in [0.15, 0.2) is 11.5 Å². The van der Waals surface area contributed by atoms with E-state index in [0.717, 1.165) is 28.3 Å². The number of nitro benzene ring substituents is 1. The van der Waals surface area contributed by atoms with Gasteiger partial charge in [0.2, 0.25) is 6.79 Å². The number of non-ortho nitro benzene ring substituents is 1. The Bertz CT molecular complexity index is 1020. The zero-order chi connectivity index (χ0) is 20.2. The van der Waals surface area contributed by atoms with Crippen LogP contribution in [0.15, 0.2) is 48.7 Å².